The Labute approximate surface area is 84.7 Å². The van der Waals surface area contributed by atoms with Gasteiger partial charge in [-0.05, 0) is 39.7 Å². The van der Waals surface area contributed by atoms with E-state index in [1.165, 1.54) is 12.8 Å². The Morgan fingerprint density at radius 2 is 2.43 bits per heavy atom. The fraction of sp³-hybridized carbons (Fsp3) is 0.800. The van der Waals surface area contributed by atoms with Crippen molar-refractivity contribution in [2.45, 2.75) is 45.2 Å². The molecule has 1 aliphatic rings. The van der Waals surface area contributed by atoms with Crippen LogP contribution in [-0.4, -0.2) is 21.3 Å². The van der Waals surface area contributed by atoms with Crippen LogP contribution in [0.4, 0.5) is 0 Å². The predicted molar refractivity (Wildman–Crippen MR) is 54.9 cm³/mol. The van der Waals surface area contributed by atoms with Crippen LogP contribution in [0, 0.1) is 0 Å². The van der Waals surface area contributed by atoms with Gasteiger partial charge in [0.2, 0.25) is 0 Å². The van der Waals surface area contributed by atoms with E-state index >= 15 is 0 Å². The Balaban J connectivity index is 2.27. The summed E-state index contributed by atoms with van der Waals surface area (Å²) in [5.74, 6) is 1.08. The van der Waals surface area contributed by atoms with Crippen LogP contribution in [0.3, 0.4) is 0 Å². The van der Waals surface area contributed by atoms with Crippen molar-refractivity contribution in [3.8, 4) is 0 Å². The lowest BCUT2D eigenvalue weighted by atomic mass is 9.90. The van der Waals surface area contributed by atoms with Gasteiger partial charge in [0.25, 0.3) is 0 Å². The highest BCUT2D eigenvalue weighted by Crippen LogP contribution is 2.27. The van der Waals surface area contributed by atoms with Gasteiger partial charge in [0, 0.05) is 6.54 Å². The molecule has 0 spiro atoms. The average molecular weight is 194 g/mol. The molecule has 0 saturated carbocycles. The van der Waals surface area contributed by atoms with E-state index in [0.717, 1.165) is 25.3 Å². The molecule has 4 heteroatoms. The number of hydrogen-bond donors (Lipinski definition) is 1. The van der Waals surface area contributed by atoms with E-state index < -0.39 is 0 Å². The molecule has 1 saturated heterocycles. The Morgan fingerprint density at radius 3 is 3.07 bits per heavy atom. The largest absolute Gasteiger partial charge is 0.316 e. The molecule has 0 aromatic carbocycles. The Kier molecular flexibility index (Phi) is 2.54. The van der Waals surface area contributed by atoms with Crippen LogP contribution in [-0.2, 0) is 12.1 Å². The van der Waals surface area contributed by atoms with Crippen molar-refractivity contribution in [2.75, 3.05) is 6.54 Å². The number of piperidine rings is 1. The summed E-state index contributed by atoms with van der Waals surface area (Å²) in [6, 6.07) is 0. The highest BCUT2D eigenvalue weighted by atomic mass is 15.3. The zero-order valence-corrected chi connectivity index (χ0v) is 8.95. The second-order valence-electron chi connectivity index (χ2n) is 4.16. The maximum atomic E-state index is 4.23. The Morgan fingerprint density at radius 1 is 1.57 bits per heavy atom. The summed E-state index contributed by atoms with van der Waals surface area (Å²) in [7, 11) is 0. The van der Waals surface area contributed by atoms with Gasteiger partial charge in [-0.2, -0.15) is 0 Å². The van der Waals surface area contributed by atoms with Gasteiger partial charge in [-0.15, -0.1) is 10.2 Å². The van der Waals surface area contributed by atoms with Gasteiger partial charge in [-0.25, -0.2) is 0 Å². The molecule has 1 fully saturated rings. The second-order valence-corrected chi connectivity index (χ2v) is 4.16. The number of aryl methyl sites for hydroxylation is 1. The van der Waals surface area contributed by atoms with Gasteiger partial charge >= 0.3 is 0 Å². The molecular weight excluding hydrogens is 176 g/mol. The molecule has 1 atom stereocenters. The van der Waals surface area contributed by atoms with E-state index in [1.54, 1.807) is 0 Å². The summed E-state index contributed by atoms with van der Waals surface area (Å²) in [6.45, 7) is 6.38. The lowest BCUT2D eigenvalue weighted by Gasteiger charge is -2.34. The molecule has 0 bridgehead atoms. The monoisotopic (exact) mass is 194 g/mol. The number of nitrogens with one attached hydrogen (secondary N) is 1. The zero-order chi connectivity index (χ0) is 10.0. The van der Waals surface area contributed by atoms with Crippen molar-refractivity contribution in [1.29, 1.82) is 0 Å². The third-order valence-electron chi connectivity index (χ3n) is 3.07. The van der Waals surface area contributed by atoms with Crippen LogP contribution in [0.2, 0.25) is 0 Å². The van der Waals surface area contributed by atoms with Crippen molar-refractivity contribution in [3.05, 3.63) is 12.2 Å². The van der Waals surface area contributed by atoms with E-state index in [1.807, 2.05) is 6.33 Å². The van der Waals surface area contributed by atoms with Crippen molar-refractivity contribution in [3.63, 3.8) is 0 Å². The topological polar surface area (TPSA) is 42.7 Å². The summed E-state index contributed by atoms with van der Waals surface area (Å²) < 4.78 is 2.12. The molecule has 78 valence electrons. The molecular formula is C10H18N4. The first-order chi connectivity index (χ1) is 6.76. The molecule has 1 aromatic heterocycles. The number of rotatable bonds is 2. The molecule has 1 N–H and O–H groups in total. The summed E-state index contributed by atoms with van der Waals surface area (Å²) in [4.78, 5) is 0. The summed E-state index contributed by atoms with van der Waals surface area (Å²) >= 11 is 0. The average Bonchev–Trinajstić information content (AvgIpc) is 2.67. The van der Waals surface area contributed by atoms with Gasteiger partial charge < -0.3 is 9.88 Å². The predicted octanol–water partition coefficient (Wildman–Crippen LogP) is 1.29. The molecule has 0 radical (unpaired) electrons. The smallest absolute Gasteiger partial charge is 0.152 e. The molecule has 0 amide bonds. The Hall–Kier alpha value is -0.900. The molecule has 1 aromatic rings. The Bertz CT molecular complexity index is 299. The first kappa shape index (κ1) is 9.65. The van der Waals surface area contributed by atoms with Crippen LogP contribution in [0.5, 0.6) is 0 Å². The van der Waals surface area contributed by atoms with E-state index in [9.17, 15) is 0 Å². The van der Waals surface area contributed by atoms with Crippen molar-refractivity contribution in [2.24, 2.45) is 0 Å². The van der Waals surface area contributed by atoms with E-state index in [4.69, 9.17) is 0 Å². The second kappa shape index (κ2) is 3.69. The lowest BCUT2D eigenvalue weighted by molar-refractivity contribution is 0.260. The van der Waals surface area contributed by atoms with Gasteiger partial charge in [0.05, 0.1) is 5.54 Å². The molecule has 4 nitrogen and oxygen atoms in total. The lowest BCUT2D eigenvalue weighted by Crippen LogP contribution is -2.45. The van der Waals surface area contributed by atoms with E-state index in [-0.39, 0.29) is 5.54 Å². The maximum Gasteiger partial charge on any atom is 0.152 e. The molecule has 2 rings (SSSR count). The summed E-state index contributed by atoms with van der Waals surface area (Å²) in [5, 5.41) is 11.8. The van der Waals surface area contributed by atoms with Crippen LogP contribution >= 0.6 is 0 Å². The normalized spacial score (nSPS) is 27.9. The van der Waals surface area contributed by atoms with Crippen LogP contribution in [0.1, 0.15) is 38.9 Å². The SMILES string of the molecule is CCn1cnnc1C1(C)CCCCN1. The van der Waals surface area contributed by atoms with Gasteiger partial charge in [0.15, 0.2) is 5.82 Å². The number of aromatic nitrogens is 3. The van der Waals surface area contributed by atoms with Crippen LogP contribution in [0.15, 0.2) is 6.33 Å². The first-order valence-corrected chi connectivity index (χ1v) is 5.39. The van der Waals surface area contributed by atoms with Crippen LogP contribution in [0.25, 0.3) is 0 Å². The highest BCUT2D eigenvalue weighted by Gasteiger charge is 2.32. The van der Waals surface area contributed by atoms with E-state index in [2.05, 4.69) is 33.9 Å². The fourth-order valence-electron chi connectivity index (χ4n) is 2.16. The maximum absolute atomic E-state index is 4.23. The quantitative estimate of drug-likeness (QED) is 0.771. The standard InChI is InChI=1S/C10H18N4/c1-3-14-8-12-13-9(14)10(2)6-4-5-7-11-10/h8,11H,3-7H2,1-2H3. The fourth-order valence-corrected chi connectivity index (χ4v) is 2.16. The van der Waals surface area contributed by atoms with Gasteiger partial charge in [-0.1, -0.05) is 0 Å². The van der Waals surface area contributed by atoms with Gasteiger partial charge in [-0.3, -0.25) is 0 Å². The molecule has 2 heterocycles. The minimum atomic E-state index is 0.0325. The summed E-state index contributed by atoms with van der Waals surface area (Å²) in [5.41, 5.74) is 0.0325. The molecule has 0 aliphatic carbocycles. The third-order valence-corrected chi connectivity index (χ3v) is 3.07. The number of nitrogens with zero attached hydrogens (tertiary/aromatic N) is 3. The minimum Gasteiger partial charge on any atom is -0.316 e. The minimum absolute atomic E-state index is 0.0325. The molecule has 14 heavy (non-hydrogen) atoms. The van der Waals surface area contributed by atoms with Gasteiger partial charge in [0.1, 0.15) is 6.33 Å². The molecule has 1 aliphatic heterocycles. The van der Waals surface area contributed by atoms with Crippen molar-refractivity contribution < 1.29 is 0 Å². The zero-order valence-electron chi connectivity index (χ0n) is 8.95. The number of hydrogen-bond acceptors (Lipinski definition) is 3. The van der Waals surface area contributed by atoms with Crippen molar-refractivity contribution >= 4 is 0 Å². The highest BCUT2D eigenvalue weighted by molar-refractivity contribution is 5.05. The first-order valence-electron chi connectivity index (χ1n) is 5.39. The van der Waals surface area contributed by atoms with E-state index in [0.29, 0.717) is 0 Å². The molecule has 1 unspecified atom stereocenters. The van der Waals surface area contributed by atoms with Crippen molar-refractivity contribution in [1.82, 2.24) is 20.1 Å². The summed E-state index contributed by atoms with van der Waals surface area (Å²) in [6.07, 6.45) is 5.53. The third kappa shape index (κ3) is 1.54. The van der Waals surface area contributed by atoms with Crippen LogP contribution < -0.4 is 5.32 Å².